The molecule has 0 saturated carbocycles. The number of hydrogen-bond donors (Lipinski definition) is 2. The number of nitrogens with two attached hydrogens (primary N) is 1. The Morgan fingerprint density at radius 3 is 2.76 bits per heavy atom. The zero-order chi connectivity index (χ0) is 12.6. The molecule has 0 aliphatic carbocycles. The van der Waals surface area contributed by atoms with Crippen LogP contribution >= 0.6 is 12.6 Å². The lowest BCUT2D eigenvalue weighted by Gasteiger charge is -2.34. The van der Waals surface area contributed by atoms with E-state index in [2.05, 4.69) is 12.6 Å². The van der Waals surface area contributed by atoms with E-state index < -0.39 is 11.6 Å². The smallest absolute Gasteiger partial charge is 0.248 e. The Morgan fingerprint density at radius 1 is 1.53 bits per heavy atom. The Bertz CT molecular complexity index is 350. The van der Waals surface area contributed by atoms with Gasteiger partial charge in [-0.05, 0) is 19.3 Å². The van der Waals surface area contributed by atoms with Crippen molar-refractivity contribution in [3.8, 4) is 0 Å². The summed E-state index contributed by atoms with van der Waals surface area (Å²) in [7, 11) is 1.79. The van der Waals surface area contributed by atoms with Gasteiger partial charge in [-0.25, -0.2) is 0 Å². The minimum Gasteiger partial charge on any atom is -0.344 e. The summed E-state index contributed by atoms with van der Waals surface area (Å²) in [6.45, 7) is 1.36. The van der Waals surface area contributed by atoms with E-state index in [0.717, 1.165) is 25.8 Å². The fraction of sp³-hybridized carbons (Fsp3) is 0.818. The SMILES string of the molecule is CN1CCC2(CCCN2C(=O)[C@@H](N)CS)C1=O. The molecule has 2 aliphatic heterocycles. The molecule has 0 aromatic carbocycles. The van der Waals surface area contributed by atoms with E-state index in [9.17, 15) is 9.59 Å². The molecule has 2 atom stereocenters. The Labute approximate surface area is 107 Å². The number of amides is 2. The van der Waals surface area contributed by atoms with Crippen LogP contribution in [-0.2, 0) is 9.59 Å². The highest BCUT2D eigenvalue weighted by Gasteiger charge is 2.54. The van der Waals surface area contributed by atoms with Crippen LogP contribution in [0.4, 0.5) is 0 Å². The van der Waals surface area contributed by atoms with Gasteiger partial charge in [0.1, 0.15) is 5.54 Å². The van der Waals surface area contributed by atoms with Crippen molar-refractivity contribution in [2.24, 2.45) is 5.73 Å². The van der Waals surface area contributed by atoms with E-state index in [1.54, 1.807) is 16.8 Å². The van der Waals surface area contributed by atoms with Gasteiger partial charge in [0, 0.05) is 25.9 Å². The lowest BCUT2D eigenvalue weighted by atomic mass is 9.94. The molecule has 0 aromatic heterocycles. The van der Waals surface area contributed by atoms with E-state index >= 15 is 0 Å². The highest BCUT2D eigenvalue weighted by atomic mass is 32.1. The monoisotopic (exact) mass is 257 g/mol. The molecule has 2 heterocycles. The van der Waals surface area contributed by atoms with Gasteiger partial charge in [0.15, 0.2) is 0 Å². The molecule has 2 aliphatic rings. The molecule has 17 heavy (non-hydrogen) atoms. The number of nitrogens with zero attached hydrogens (tertiary/aromatic N) is 2. The Balaban J connectivity index is 2.23. The van der Waals surface area contributed by atoms with Gasteiger partial charge in [0.2, 0.25) is 11.8 Å². The Kier molecular flexibility index (Phi) is 3.36. The number of rotatable bonds is 2. The Hall–Kier alpha value is -0.750. The summed E-state index contributed by atoms with van der Waals surface area (Å²) in [5, 5.41) is 0. The first-order valence-corrected chi connectivity index (χ1v) is 6.59. The lowest BCUT2D eigenvalue weighted by molar-refractivity contribution is -0.146. The maximum Gasteiger partial charge on any atom is 0.248 e. The van der Waals surface area contributed by atoms with Gasteiger partial charge in [-0.15, -0.1) is 0 Å². The van der Waals surface area contributed by atoms with Crippen molar-refractivity contribution in [2.75, 3.05) is 25.9 Å². The van der Waals surface area contributed by atoms with Gasteiger partial charge < -0.3 is 15.5 Å². The average molecular weight is 257 g/mol. The highest BCUT2D eigenvalue weighted by Crippen LogP contribution is 2.38. The van der Waals surface area contributed by atoms with E-state index in [0.29, 0.717) is 12.3 Å². The van der Waals surface area contributed by atoms with Gasteiger partial charge in [-0.3, -0.25) is 9.59 Å². The average Bonchev–Trinajstić information content (AvgIpc) is 2.88. The van der Waals surface area contributed by atoms with Crippen molar-refractivity contribution in [3.05, 3.63) is 0 Å². The van der Waals surface area contributed by atoms with Crippen LogP contribution in [0.25, 0.3) is 0 Å². The predicted molar refractivity (Wildman–Crippen MR) is 67.8 cm³/mol. The van der Waals surface area contributed by atoms with Crippen molar-refractivity contribution in [1.82, 2.24) is 9.80 Å². The summed E-state index contributed by atoms with van der Waals surface area (Å²) < 4.78 is 0. The van der Waals surface area contributed by atoms with Crippen LogP contribution in [0.15, 0.2) is 0 Å². The molecule has 2 saturated heterocycles. The van der Waals surface area contributed by atoms with E-state index in [1.807, 2.05) is 0 Å². The minimum atomic E-state index is -0.605. The van der Waals surface area contributed by atoms with Crippen molar-refractivity contribution in [1.29, 1.82) is 0 Å². The zero-order valence-electron chi connectivity index (χ0n) is 10.1. The largest absolute Gasteiger partial charge is 0.344 e. The first kappa shape index (κ1) is 12.7. The second kappa shape index (κ2) is 4.49. The minimum absolute atomic E-state index is 0.0646. The molecule has 5 nitrogen and oxygen atoms in total. The molecule has 1 spiro atoms. The van der Waals surface area contributed by atoms with Gasteiger partial charge >= 0.3 is 0 Å². The summed E-state index contributed by atoms with van der Waals surface area (Å²) >= 11 is 4.05. The van der Waals surface area contributed by atoms with E-state index in [1.165, 1.54) is 0 Å². The third-order valence-corrected chi connectivity index (χ3v) is 4.27. The van der Waals surface area contributed by atoms with E-state index in [-0.39, 0.29) is 11.8 Å². The predicted octanol–water partition coefficient (Wildman–Crippen LogP) is -0.533. The molecular weight excluding hydrogens is 238 g/mol. The van der Waals surface area contributed by atoms with Crippen molar-refractivity contribution >= 4 is 24.4 Å². The summed E-state index contributed by atoms with van der Waals surface area (Å²) in [5.41, 5.74) is 5.13. The van der Waals surface area contributed by atoms with Crippen LogP contribution < -0.4 is 5.73 Å². The number of thiol groups is 1. The van der Waals surface area contributed by atoms with Crippen molar-refractivity contribution in [3.63, 3.8) is 0 Å². The molecule has 2 rings (SSSR count). The normalized spacial score (nSPS) is 30.4. The number of hydrogen-bond acceptors (Lipinski definition) is 4. The van der Waals surface area contributed by atoms with Crippen LogP contribution in [-0.4, -0.2) is 59.1 Å². The molecule has 0 radical (unpaired) electrons. The van der Waals surface area contributed by atoms with Gasteiger partial charge in [-0.2, -0.15) is 12.6 Å². The second-order valence-corrected chi connectivity index (χ2v) is 5.26. The van der Waals surface area contributed by atoms with Gasteiger partial charge in [0.25, 0.3) is 0 Å². The summed E-state index contributed by atoms with van der Waals surface area (Å²) in [6.07, 6.45) is 2.37. The molecule has 6 heteroatoms. The fourth-order valence-corrected chi connectivity index (χ4v) is 3.03. The van der Waals surface area contributed by atoms with Crippen LogP contribution in [0.5, 0.6) is 0 Å². The second-order valence-electron chi connectivity index (χ2n) is 4.89. The zero-order valence-corrected chi connectivity index (χ0v) is 10.9. The molecule has 2 fully saturated rings. The molecular formula is C11H19N3O2S. The molecule has 2 N–H and O–H groups in total. The topological polar surface area (TPSA) is 66.6 Å². The van der Waals surface area contributed by atoms with E-state index in [4.69, 9.17) is 5.73 Å². The molecule has 0 bridgehead atoms. The third kappa shape index (κ3) is 1.83. The molecule has 1 unspecified atom stereocenters. The first-order chi connectivity index (χ1) is 8.03. The van der Waals surface area contributed by atoms with Gasteiger partial charge in [-0.1, -0.05) is 0 Å². The van der Waals surface area contributed by atoms with Crippen molar-refractivity contribution < 1.29 is 9.59 Å². The molecule has 0 aromatic rings. The highest BCUT2D eigenvalue weighted by molar-refractivity contribution is 7.80. The quantitative estimate of drug-likeness (QED) is 0.653. The van der Waals surface area contributed by atoms with Gasteiger partial charge in [0.05, 0.1) is 6.04 Å². The maximum atomic E-state index is 12.2. The van der Waals surface area contributed by atoms with Crippen molar-refractivity contribution in [2.45, 2.75) is 30.8 Å². The standard InChI is InChI=1S/C11H19N3O2S/c1-13-6-4-11(10(13)16)3-2-5-14(11)9(15)8(12)7-17/h8,17H,2-7,12H2,1H3/t8-,11?/m0/s1. The number of carbonyl (C=O) groups is 2. The summed E-state index contributed by atoms with van der Waals surface area (Å²) in [5.74, 6) is 0.242. The summed E-state index contributed by atoms with van der Waals surface area (Å²) in [6, 6.07) is -0.605. The fourth-order valence-electron chi connectivity index (χ4n) is 2.88. The van der Waals surface area contributed by atoms with Crippen LogP contribution in [0.1, 0.15) is 19.3 Å². The van der Waals surface area contributed by atoms with Crippen LogP contribution in [0.3, 0.4) is 0 Å². The first-order valence-electron chi connectivity index (χ1n) is 5.96. The van der Waals surface area contributed by atoms with Crippen LogP contribution in [0.2, 0.25) is 0 Å². The number of carbonyl (C=O) groups excluding carboxylic acids is 2. The molecule has 2 amide bonds. The lowest BCUT2D eigenvalue weighted by Crippen LogP contribution is -2.56. The third-order valence-electron chi connectivity index (χ3n) is 3.87. The number of likely N-dealkylation sites (tertiary alicyclic amines) is 2. The Morgan fingerprint density at radius 2 is 2.24 bits per heavy atom. The number of likely N-dealkylation sites (N-methyl/N-ethyl adjacent to an activating group) is 1. The maximum absolute atomic E-state index is 12.2. The van der Waals surface area contributed by atoms with Crippen LogP contribution in [0, 0.1) is 0 Å². The summed E-state index contributed by atoms with van der Waals surface area (Å²) in [4.78, 5) is 27.8. The molecule has 96 valence electrons.